The molecule has 13 heavy (non-hydrogen) atoms. The van der Waals surface area contributed by atoms with E-state index in [9.17, 15) is 0 Å². The molecule has 0 saturated heterocycles. The van der Waals surface area contributed by atoms with Gasteiger partial charge < -0.3 is 0 Å². The van der Waals surface area contributed by atoms with E-state index in [1.807, 2.05) is 10.8 Å². The average Bonchev–Trinajstić information content (AvgIpc) is 2.65. The molecule has 68 valence electrons. The van der Waals surface area contributed by atoms with Gasteiger partial charge in [0.2, 0.25) is 7.14 Å². The molecule has 2 heterocycles. The zero-order valence-corrected chi connectivity index (χ0v) is 11.6. The summed E-state index contributed by atoms with van der Waals surface area (Å²) in [5.41, 5.74) is 0. The monoisotopic (exact) mass is 361 g/mol. The van der Waals surface area contributed by atoms with Crippen LogP contribution in [-0.2, 0) is 0 Å². The minimum absolute atomic E-state index is 0.183. The Labute approximate surface area is 105 Å². The molecule has 0 aliphatic rings. The number of hydrogen-bond donors (Lipinski definition) is 0. The van der Waals surface area contributed by atoms with E-state index in [4.69, 9.17) is 23.2 Å². The van der Waals surface area contributed by atoms with Crippen LogP contribution in [0.15, 0.2) is 22.9 Å². The SMILES string of the molecule is Clc1sccc1[I+]c1ccsc1Cl. The molecule has 5 heteroatoms. The molecule has 0 aliphatic heterocycles. The maximum absolute atomic E-state index is 6.02. The van der Waals surface area contributed by atoms with Crippen LogP contribution in [0, 0.1) is 7.14 Å². The fourth-order valence-corrected chi connectivity index (χ4v) is 6.26. The van der Waals surface area contributed by atoms with E-state index in [0.717, 1.165) is 8.67 Å². The van der Waals surface area contributed by atoms with Gasteiger partial charge in [-0.2, -0.15) is 0 Å². The number of thiophene rings is 2. The minimum atomic E-state index is -0.183. The van der Waals surface area contributed by atoms with Crippen molar-refractivity contribution >= 4 is 45.9 Å². The van der Waals surface area contributed by atoms with Crippen molar-refractivity contribution in [2.45, 2.75) is 0 Å². The molecular formula is C8H4Cl2IS2+. The van der Waals surface area contributed by atoms with Crippen molar-refractivity contribution < 1.29 is 21.2 Å². The van der Waals surface area contributed by atoms with Crippen LogP contribution in [0.1, 0.15) is 0 Å². The van der Waals surface area contributed by atoms with Crippen molar-refractivity contribution in [2.24, 2.45) is 0 Å². The summed E-state index contributed by atoms with van der Waals surface area (Å²) in [7, 11) is 0. The lowest BCUT2D eigenvalue weighted by molar-refractivity contribution is -0.596. The largest absolute Gasteiger partial charge is 0.363 e. The zero-order chi connectivity index (χ0) is 9.26. The molecule has 0 amide bonds. The van der Waals surface area contributed by atoms with Gasteiger partial charge >= 0.3 is 21.2 Å². The second-order valence-electron chi connectivity index (χ2n) is 2.18. The predicted octanol–water partition coefficient (Wildman–Crippen LogP) is 1.24. The lowest BCUT2D eigenvalue weighted by atomic mass is 10.7. The molecule has 0 saturated carbocycles. The minimum Gasteiger partial charge on any atom is -0.127 e. The first-order chi connectivity index (χ1) is 6.27. The van der Waals surface area contributed by atoms with Gasteiger partial charge in [0.1, 0.15) is 8.67 Å². The standard InChI is InChI=1S/C8H4Cl2IS2/c9-7-5(1-3-12-7)11-6-2-4-13-8(6)10/h1-4H/q+1. The summed E-state index contributed by atoms with van der Waals surface area (Å²) in [5, 5.41) is 4.05. The third-order valence-corrected chi connectivity index (χ3v) is 8.02. The molecule has 0 nitrogen and oxygen atoms in total. The maximum atomic E-state index is 6.02. The van der Waals surface area contributed by atoms with Gasteiger partial charge in [0.25, 0.3) is 0 Å². The highest BCUT2D eigenvalue weighted by molar-refractivity contribution is 7.14. The molecule has 0 aliphatic carbocycles. The van der Waals surface area contributed by atoms with Gasteiger partial charge in [-0.05, 0) is 10.8 Å². The Morgan fingerprint density at radius 1 is 0.923 bits per heavy atom. The van der Waals surface area contributed by atoms with E-state index >= 15 is 0 Å². The Kier molecular flexibility index (Phi) is 3.53. The topological polar surface area (TPSA) is 0 Å². The predicted molar refractivity (Wildman–Crippen MR) is 56.1 cm³/mol. The smallest absolute Gasteiger partial charge is 0.127 e. The average molecular weight is 362 g/mol. The molecule has 2 rings (SSSR count). The van der Waals surface area contributed by atoms with Crippen LogP contribution in [0.5, 0.6) is 0 Å². The van der Waals surface area contributed by atoms with Crippen LogP contribution < -0.4 is 21.2 Å². The second kappa shape index (κ2) is 4.49. The van der Waals surface area contributed by atoms with E-state index in [2.05, 4.69) is 12.1 Å². The lowest BCUT2D eigenvalue weighted by Gasteiger charge is -1.78. The van der Waals surface area contributed by atoms with Gasteiger partial charge in [-0.15, -0.1) is 22.7 Å². The van der Waals surface area contributed by atoms with Crippen molar-refractivity contribution in [3.05, 3.63) is 38.7 Å². The van der Waals surface area contributed by atoms with Gasteiger partial charge in [0.15, 0.2) is 0 Å². The Balaban J connectivity index is 2.24. The Bertz CT molecular complexity index is 369. The highest BCUT2D eigenvalue weighted by Crippen LogP contribution is 2.17. The van der Waals surface area contributed by atoms with Crippen LogP contribution in [0.2, 0.25) is 8.67 Å². The number of halogens is 3. The summed E-state index contributed by atoms with van der Waals surface area (Å²) < 4.78 is 4.36. The van der Waals surface area contributed by atoms with E-state index < -0.39 is 0 Å². The molecule has 0 fully saturated rings. The third kappa shape index (κ3) is 2.39. The molecule has 0 atom stereocenters. The Hall–Kier alpha value is 0.710. The van der Waals surface area contributed by atoms with Crippen LogP contribution in [-0.4, -0.2) is 0 Å². The first-order valence-electron chi connectivity index (χ1n) is 3.38. The van der Waals surface area contributed by atoms with Crippen molar-refractivity contribution in [3.8, 4) is 0 Å². The molecule has 0 bridgehead atoms. The summed E-state index contributed by atoms with van der Waals surface area (Å²) in [6.45, 7) is 0. The molecule has 0 aromatic carbocycles. The molecule has 0 N–H and O–H groups in total. The molecule has 0 radical (unpaired) electrons. The summed E-state index contributed by atoms with van der Waals surface area (Å²) in [5.74, 6) is 0. The third-order valence-electron chi connectivity index (χ3n) is 1.35. The van der Waals surface area contributed by atoms with Crippen molar-refractivity contribution in [3.63, 3.8) is 0 Å². The van der Waals surface area contributed by atoms with Gasteiger partial charge in [0.05, 0.1) is 0 Å². The highest BCUT2D eigenvalue weighted by atomic mass is 127. The fraction of sp³-hybridized carbons (Fsp3) is 0. The van der Waals surface area contributed by atoms with E-state index in [-0.39, 0.29) is 21.2 Å². The first kappa shape index (κ1) is 10.2. The van der Waals surface area contributed by atoms with E-state index in [1.54, 1.807) is 22.7 Å². The van der Waals surface area contributed by atoms with Gasteiger partial charge in [-0.25, -0.2) is 0 Å². The van der Waals surface area contributed by atoms with Crippen LogP contribution in [0.3, 0.4) is 0 Å². The summed E-state index contributed by atoms with van der Waals surface area (Å²) >= 11 is 15.0. The van der Waals surface area contributed by atoms with Crippen molar-refractivity contribution in [1.82, 2.24) is 0 Å². The zero-order valence-electron chi connectivity index (χ0n) is 6.26. The normalized spacial score (nSPS) is 10.6. The molecular weight excluding hydrogens is 358 g/mol. The quantitative estimate of drug-likeness (QED) is 0.706. The summed E-state index contributed by atoms with van der Waals surface area (Å²) in [4.78, 5) is 0. The Morgan fingerprint density at radius 3 is 1.69 bits per heavy atom. The van der Waals surface area contributed by atoms with Gasteiger partial charge in [0, 0.05) is 12.1 Å². The molecule has 2 aromatic rings. The fourth-order valence-electron chi connectivity index (χ4n) is 0.798. The van der Waals surface area contributed by atoms with E-state index in [1.165, 1.54) is 7.14 Å². The van der Waals surface area contributed by atoms with Crippen molar-refractivity contribution in [2.75, 3.05) is 0 Å². The molecule has 0 unspecified atom stereocenters. The molecule has 2 aromatic heterocycles. The summed E-state index contributed by atoms with van der Waals surface area (Å²) in [6, 6.07) is 4.18. The highest BCUT2D eigenvalue weighted by Gasteiger charge is 2.23. The number of rotatable bonds is 2. The van der Waals surface area contributed by atoms with Crippen LogP contribution in [0.4, 0.5) is 0 Å². The second-order valence-corrected chi connectivity index (χ2v) is 8.08. The lowest BCUT2D eigenvalue weighted by Crippen LogP contribution is -3.61. The first-order valence-corrected chi connectivity index (χ1v) is 8.05. The van der Waals surface area contributed by atoms with Crippen molar-refractivity contribution in [1.29, 1.82) is 0 Å². The van der Waals surface area contributed by atoms with Crippen LogP contribution in [0.25, 0.3) is 0 Å². The van der Waals surface area contributed by atoms with Gasteiger partial charge in [-0.3, -0.25) is 0 Å². The maximum Gasteiger partial charge on any atom is 0.363 e. The summed E-state index contributed by atoms with van der Waals surface area (Å²) in [6.07, 6.45) is 0. The molecule has 0 spiro atoms. The van der Waals surface area contributed by atoms with Crippen LogP contribution >= 0.6 is 45.9 Å². The number of hydrogen-bond acceptors (Lipinski definition) is 2. The van der Waals surface area contributed by atoms with Gasteiger partial charge in [-0.1, -0.05) is 23.2 Å². The van der Waals surface area contributed by atoms with E-state index in [0.29, 0.717) is 0 Å². The Morgan fingerprint density at radius 2 is 1.38 bits per heavy atom.